The Morgan fingerprint density at radius 3 is 1.83 bits per heavy atom. The highest BCUT2D eigenvalue weighted by atomic mass is 31.1. The average Bonchev–Trinajstić information content (AvgIpc) is 2.03. The second-order valence-corrected chi connectivity index (χ2v) is 6.94. The molecule has 0 aliphatic rings. The first-order chi connectivity index (χ1) is 5.54. The highest BCUT2D eigenvalue weighted by Gasteiger charge is 2.23. The Morgan fingerprint density at radius 1 is 1.08 bits per heavy atom. The monoisotopic (exact) mass is 188 g/mol. The molecule has 0 aliphatic carbocycles. The molecular weight excluding hydrogens is 163 g/mol. The van der Waals surface area contributed by atoms with Crippen LogP contribution in [0, 0.1) is 11.8 Å². The molecule has 0 fully saturated rings. The molecule has 0 aromatic rings. The molecule has 0 bridgehead atoms. The first kappa shape index (κ1) is 12.4. The molecule has 0 saturated heterocycles. The zero-order valence-corrected chi connectivity index (χ0v) is 10.5. The van der Waals surface area contributed by atoms with Gasteiger partial charge in [-0.3, -0.25) is 0 Å². The summed E-state index contributed by atoms with van der Waals surface area (Å²) in [6.07, 6.45) is 2.73. The Labute approximate surface area is 79.9 Å². The molecule has 74 valence electrons. The molecule has 3 unspecified atom stereocenters. The molecule has 12 heavy (non-hydrogen) atoms. The van der Waals surface area contributed by atoms with Gasteiger partial charge in [-0.1, -0.05) is 41.0 Å². The summed E-state index contributed by atoms with van der Waals surface area (Å²) in [7, 11) is 0.274. The molecule has 0 N–H and O–H groups in total. The number of rotatable bonds is 5. The van der Waals surface area contributed by atoms with Crippen molar-refractivity contribution in [1.82, 2.24) is 0 Å². The standard InChI is InChI=1S/C11H25P/c1-7-10(5)11(9(3)4)12(6)8-2/h9-11H,7-8H2,1-6H3. The van der Waals surface area contributed by atoms with Gasteiger partial charge in [-0.2, -0.15) is 0 Å². The van der Waals surface area contributed by atoms with Gasteiger partial charge in [0, 0.05) is 0 Å². The van der Waals surface area contributed by atoms with Gasteiger partial charge < -0.3 is 0 Å². The molecule has 0 rings (SSSR count). The van der Waals surface area contributed by atoms with Gasteiger partial charge in [0.05, 0.1) is 0 Å². The summed E-state index contributed by atoms with van der Waals surface area (Å²) < 4.78 is 0. The van der Waals surface area contributed by atoms with E-state index < -0.39 is 0 Å². The van der Waals surface area contributed by atoms with Gasteiger partial charge in [0.2, 0.25) is 0 Å². The van der Waals surface area contributed by atoms with Gasteiger partial charge in [-0.15, -0.1) is 7.92 Å². The van der Waals surface area contributed by atoms with Crippen molar-refractivity contribution < 1.29 is 0 Å². The minimum absolute atomic E-state index is 0.274. The minimum atomic E-state index is 0.274. The first-order valence-corrected chi connectivity index (χ1v) is 7.29. The first-order valence-electron chi connectivity index (χ1n) is 5.24. The average molecular weight is 188 g/mol. The Bertz CT molecular complexity index is 99.6. The summed E-state index contributed by atoms with van der Waals surface area (Å²) in [4.78, 5) is 0. The van der Waals surface area contributed by atoms with E-state index in [0.717, 1.165) is 17.5 Å². The normalized spacial score (nSPS) is 19.2. The Morgan fingerprint density at radius 2 is 1.58 bits per heavy atom. The Hall–Kier alpha value is 0.430. The maximum absolute atomic E-state index is 2.46. The van der Waals surface area contributed by atoms with Crippen LogP contribution in [0.1, 0.15) is 41.0 Å². The largest absolute Gasteiger partial charge is 0.106 e. The molecule has 0 radical (unpaired) electrons. The van der Waals surface area contributed by atoms with Crippen LogP contribution in [0.2, 0.25) is 0 Å². The fourth-order valence-electron chi connectivity index (χ4n) is 2.05. The topological polar surface area (TPSA) is 0 Å². The van der Waals surface area contributed by atoms with Crippen molar-refractivity contribution in [1.29, 1.82) is 0 Å². The van der Waals surface area contributed by atoms with Crippen LogP contribution < -0.4 is 0 Å². The fraction of sp³-hybridized carbons (Fsp3) is 1.00. The zero-order valence-electron chi connectivity index (χ0n) is 9.59. The smallest absolute Gasteiger partial charge is 0.0163 e. The van der Waals surface area contributed by atoms with E-state index in [0.29, 0.717) is 0 Å². The van der Waals surface area contributed by atoms with Crippen LogP contribution in [0.5, 0.6) is 0 Å². The maximum atomic E-state index is 2.46. The van der Waals surface area contributed by atoms with Crippen LogP contribution in [0.15, 0.2) is 0 Å². The van der Waals surface area contributed by atoms with Crippen molar-refractivity contribution in [2.75, 3.05) is 12.8 Å². The third kappa shape index (κ3) is 3.44. The molecule has 0 nitrogen and oxygen atoms in total. The summed E-state index contributed by atoms with van der Waals surface area (Å²) in [6, 6.07) is 0. The van der Waals surface area contributed by atoms with E-state index in [1.807, 2.05) is 0 Å². The van der Waals surface area contributed by atoms with Gasteiger partial charge in [-0.25, -0.2) is 0 Å². The summed E-state index contributed by atoms with van der Waals surface area (Å²) in [6.45, 7) is 14.3. The molecular formula is C11H25P. The van der Waals surface area contributed by atoms with Gasteiger partial charge in [0.1, 0.15) is 0 Å². The molecule has 0 aromatic heterocycles. The third-order valence-electron chi connectivity index (χ3n) is 2.92. The van der Waals surface area contributed by atoms with Crippen molar-refractivity contribution >= 4 is 7.92 Å². The maximum Gasteiger partial charge on any atom is -0.0163 e. The lowest BCUT2D eigenvalue weighted by molar-refractivity contribution is 0.439. The van der Waals surface area contributed by atoms with Crippen molar-refractivity contribution in [3.63, 3.8) is 0 Å². The van der Waals surface area contributed by atoms with E-state index in [4.69, 9.17) is 0 Å². The SMILES string of the molecule is CCC(C)C(C(C)C)P(C)CC. The van der Waals surface area contributed by atoms with Crippen LogP contribution in [0.25, 0.3) is 0 Å². The summed E-state index contributed by atoms with van der Waals surface area (Å²) >= 11 is 0. The van der Waals surface area contributed by atoms with Crippen LogP contribution in [0.4, 0.5) is 0 Å². The van der Waals surface area contributed by atoms with Crippen molar-refractivity contribution in [3.8, 4) is 0 Å². The quantitative estimate of drug-likeness (QED) is 0.567. The predicted octanol–water partition coefficient (Wildman–Crippen LogP) is 4.19. The number of hydrogen-bond acceptors (Lipinski definition) is 0. The molecule has 0 heterocycles. The Kier molecular flexibility index (Phi) is 6.19. The van der Waals surface area contributed by atoms with E-state index in [2.05, 4.69) is 41.3 Å². The predicted molar refractivity (Wildman–Crippen MR) is 61.5 cm³/mol. The van der Waals surface area contributed by atoms with Crippen LogP contribution >= 0.6 is 7.92 Å². The van der Waals surface area contributed by atoms with Gasteiger partial charge in [0.25, 0.3) is 0 Å². The van der Waals surface area contributed by atoms with Gasteiger partial charge in [-0.05, 0) is 30.3 Å². The van der Waals surface area contributed by atoms with E-state index in [9.17, 15) is 0 Å². The van der Waals surface area contributed by atoms with Gasteiger partial charge in [0.15, 0.2) is 0 Å². The van der Waals surface area contributed by atoms with Crippen molar-refractivity contribution in [3.05, 3.63) is 0 Å². The number of hydrogen-bond donors (Lipinski definition) is 0. The zero-order chi connectivity index (χ0) is 9.72. The lowest BCUT2D eigenvalue weighted by atomic mass is 9.96. The lowest BCUT2D eigenvalue weighted by Gasteiger charge is -2.32. The summed E-state index contributed by atoms with van der Waals surface area (Å²) in [5.74, 6) is 1.79. The Balaban J connectivity index is 4.21. The minimum Gasteiger partial charge on any atom is -0.106 e. The molecule has 0 aliphatic heterocycles. The second-order valence-electron chi connectivity index (χ2n) is 4.19. The molecule has 0 amide bonds. The van der Waals surface area contributed by atoms with Crippen LogP contribution in [-0.2, 0) is 0 Å². The van der Waals surface area contributed by atoms with Gasteiger partial charge >= 0.3 is 0 Å². The molecule has 3 atom stereocenters. The van der Waals surface area contributed by atoms with Crippen LogP contribution in [0.3, 0.4) is 0 Å². The molecule has 1 heteroatoms. The highest BCUT2D eigenvalue weighted by molar-refractivity contribution is 7.57. The van der Waals surface area contributed by atoms with Crippen molar-refractivity contribution in [2.45, 2.75) is 46.7 Å². The summed E-state index contributed by atoms with van der Waals surface area (Å²) in [5.41, 5.74) is 0.981. The van der Waals surface area contributed by atoms with Crippen molar-refractivity contribution in [2.24, 2.45) is 11.8 Å². The highest BCUT2D eigenvalue weighted by Crippen LogP contribution is 2.45. The van der Waals surface area contributed by atoms with E-state index in [1.165, 1.54) is 12.6 Å². The summed E-state index contributed by atoms with van der Waals surface area (Å²) in [5, 5.41) is 0. The van der Waals surface area contributed by atoms with Crippen LogP contribution in [-0.4, -0.2) is 18.5 Å². The van der Waals surface area contributed by atoms with E-state index >= 15 is 0 Å². The fourth-order valence-corrected chi connectivity index (χ4v) is 4.57. The molecule has 0 aromatic carbocycles. The van der Waals surface area contributed by atoms with E-state index in [-0.39, 0.29) is 7.92 Å². The second kappa shape index (κ2) is 5.97. The molecule has 0 saturated carbocycles. The lowest BCUT2D eigenvalue weighted by Crippen LogP contribution is -2.22. The molecule has 0 spiro atoms. The third-order valence-corrected chi connectivity index (χ3v) is 6.04. The van der Waals surface area contributed by atoms with E-state index in [1.54, 1.807) is 0 Å².